The van der Waals surface area contributed by atoms with E-state index in [4.69, 9.17) is 4.74 Å². The molecule has 0 aliphatic carbocycles. The van der Waals surface area contributed by atoms with Crippen LogP contribution in [0, 0.1) is 0 Å². The Kier molecular flexibility index (Phi) is 4.72. The highest BCUT2D eigenvalue weighted by Gasteiger charge is 2.30. The number of carbonyl (C=O) groups is 1. The Labute approximate surface area is 123 Å². The van der Waals surface area contributed by atoms with E-state index >= 15 is 0 Å². The maximum Gasteiger partial charge on any atom is 0.416 e. The number of benzene rings is 1. The fraction of sp³-hybridized carbons (Fsp3) is 0.286. The lowest BCUT2D eigenvalue weighted by Gasteiger charge is -2.09. The minimum atomic E-state index is -4.40. The van der Waals surface area contributed by atoms with Crippen LogP contribution in [0.4, 0.5) is 13.2 Å². The van der Waals surface area contributed by atoms with Crippen molar-refractivity contribution >= 4 is 28.6 Å². The summed E-state index contributed by atoms with van der Waals surface area (Å²) in [5.41, 5.74) is -0.492. The van der Waals surface area contributed by atoms with E-state index < -0.39 is 11.7 Å². The van der Waals surface area contributed by atoms with Crippen LogP contribution in [0.5, 0.6) is 0 Å². The number of alkyl halides is 3. The van der Waals surface area contributed by atoms with Gasteiger partial charge in [0.2, 0.25) is 0 Å². The van der Waals surface area contributed by atoms with Crippen molar-refractivity contribution in [1.82, 2.24) is 4.98 Å². The standard InChI is InChI=1S/C14H12F3NO2S/c1-2-20-13(19)8-21-12-5-6-18-11-7-9(14(15,16)17)3-4-10(11)12/h3-7H,2,8H2,1H3. The van der Waals surface area contributed by atoms with Gasteiger partial charge in [-0.1, -0.05) is 6.07 Å². The van der Waals surface area contributed by atoms with Crippen LogP contribution in [0.2, 0.25) is 0 Å². The Morgan fingerprint density at radius 1 is 1.33 bits per heavy atom. The molecule has 0 unspecified atom stereocenters. The summed E-state index contributed by atoms with van der Waals surface area (Å²) in [4.78, 5) is 16.0. The zero-order valence-electron chi connectivity index (χ0n) is 11.1. The molecule has 0 N–H and O–H groups in total. The maximum absolute atomic E-state index is 12.7. The highest BCUT2D eigenvalue weighted by molar-refractivity contribution is 8.00. The lowest BCUT2D eigenvalue weighted by atomic mass is 10.1. The van der Waals surface area contributed by atoms with E-state index in [1.807, 2.05) is 0 Å². The highest BCUT2D eigenvalue weighted by atomic mass is 32.2. The Balaban J connectivity index is 2.28. The summed E-state index contributed by atoms with van der Waals surface area (Å²) >= 11 is 1.22. The molecule has 0 spiro atoms. The van der Waals surface area contributed by atoms with Gasteiger partial charge >= 0.3 is 12.1 Å². The Morgan fingerprint density at radius 3 is 2.76 bits per heavy atom. The third-order valence-electron chi connectivity index (χ3n) is 2.68. The Morgan fingerprint density at radius 2 is 2.10 bits per heavy atom. The van der Waals surface area contributed by atoms with Gasteiger partial charge in [-0.3, -0.25) is 9.78 Å². The Bertz CT molecular complexity index is 658. The molecule has 0 saturated carbocycles. The Hall–Kier alpha value is -1.76. The molecule has 7 heteroatoms. The van der Waals surface area contributed by atoms with Gasteiger partial charge < -0.3 is 4.74 Å². The molecule has 0 atom stereocenters. The van der Waals surface area contributed by atoms with Gasteiger partial charge in [-0.05, 0) is 25.1 Å². The minimum absolute atomic E-state index is 0.105. The van der Waals surface area contributed by atoms with Gasteiger partial charge in [-0.25, -0.2) is 0 Å². The summed E-state index contributed by atoms with van der Waals surface area (Å²) in [6.45, 7) is 2.01. The summed E-state index contributed by atoms with van der Waals surface area (Å²) in [6, 6.07) is 5.06. The van der Waals surface area contributed by atoms with Crippen molar-refractivity contribution < 1.29 is 22.7 Å². The zero-order chi connectivity index (χ0) is 15.5. The fourth-order valence-corrected chi connectivity index (χ4v) is 2.61. The molecule has 1 aromatic carbocycles. The van der Waals surface area contributed by atoms with Crippen molar-refractivity contribution in [1.29, 1.82) is 0 Å². The van der Waals surface area contributed by atoms with Crippen LogP contribution < -0.4 is 0 Å². The monoisotopic (exact) mass is 315 g/mol. The third-order valence-corrected chi connectivity index (χ3v) is 3.73. The molecule has 112 valence electrons. The highest BCUT2D eigenvalue weighted by Crippen LogP contribution is 2.33. The van der Waals surface area contributed by atoms with E-state index in [1.54, 1.807) is 13.0 Å². The fourth-order valence-electron chi connectivity index (χ4n) is 1.76. The lowest BCUT2D eigenvalue weighted by Crippen LogP contribution is -2.06. The molecule has 3 nitrogen and oxygen atoms in total. The second kappa shape index (κ2) is 6.34. The SMILES string of the molecule is CCOC(=O)CSc1ccnc2cc(C(F)(F)F)ccc12. The van der Waals surface area contributed by atoms with Crippen molar-refractivity contribution in [2.75, 3.05) is 12.4 Å². The van der Waals surface area contributed by atoms with Crippen LogP contribution in [-0.4, -0.2) is 23.3 Å². The number of halogens is 3. The molecule has 0 radical (unpaired) electrons. The molecule has 1 heterocycles. The maximum atomic E-state index is 12.7. The first kappa shape index (κ1) is 15.6. The van der Waals surface area contributed by atoms with E-state index in [9.17, 15) is 18.0 Å². The summed E-state index contributed by atoms with van der Waals surface area (Å²) < 4.78 is 42.8. The molecule has 0 saturated heterocycles. The van der Waals surface area contributed by atoms with E-state index in [1.165, 1.54) is 24.0 Å². The molecule has 0 fully saturated rings. The first-order valence-electron chi connectivity index (χ1n) is 6.16. The second-order valence-corrected chi connectivity index (χ2v) is 5.15. The number of esters is 1. The number of fused-ring (bicyclic) bond motifs is 1. The molecule has 21 heavy (non-hydrogen) atoms. The number of nitrogens with zero attached hydrogens (tertiary/aromatic N) is 1. The van der Waals surface area contributed by atoms with Crippen LogP contribution in [0.3, 0.4) is 0 Å². The van der Waals surface area contributed by atoms with Crippen LogP contribution in [-0.2, 0) is 15.7 Å². The predicted molar refractivity (Wildman–Crippen MR) is 74.1 cm³/mol. The largest absolute Gasteiger partial charge is 0.465 e. The summed E-state index contributed by atoms with van der Waals surface area (Å²) in [5, 5.41) is 0.583. The third kappa shape index (κ3) is 3.87. The van der Waals surface area contributed by atoms with Crippen LogP contribution in [0.15, 0.2) is 35.4 Å². The van der Waals surface area contributed by atoms with Crippen LogP contribution in [0.25, 0.3) is 10.9 Å². The molecule has 2 aromatic rings. The topological polar surface area (TPSA) is 39.2 Å². The number of pyridine rings is 1. The normalized spacial score (nSPS) is 11.6. The minimum Gasteiger partial charge on any atom is -0.465 e. The molecular formula is C14H12F3NO2S. The smallest absolute Gasteiger partial charge is 0.416 e. The number of carbonyl (C=O) groups excluding carboxylic acids is 1. The summed E-state index contributed by atoms with van der Waals surface area (Å²) in [5.74, 6) is -0.257. The first-order chi connectivity index (χ1) is 9.91. The van der Waals surface area contributed by atoms with E-state index in [2.05, 4.69) is 4.98 Å². The number of ether oxygens (including phenoxy) is 1. The van der Waals surface area contributed by atoms with Crippen LogP contribution in [0.1, 0.15) is 12.5 Å². The number of thioether (sulfide) groups is 1. The van der Waals surface area contributed by atoms with Gasteiger partial charge in [0.15, 0.2) is 0 Å². The molecule has 0 bridgehead atoms. The van der Waals surface area contributed by atoms with Gasteiger partial charge in [0.05, 0.1) is 23.4 Å². The lowest BCUT2D eigenvalue weighted by molar-refractivity contribution is -0.140. The number of aromatic nitrogens is 1. The zero-order valence-corrected chi connectivity index (χ0v) is 11.9. The average Bonchev–Trinajstić information content (AvgIpc) is 2.43. The van der Waals surface area contributed by atoms with Crippen molar-refractivity contribution in [3.8, 4) is 0 Å². The molecule has 0 aliphatic rings. The van der Waals surface area contributed by atoms with Crippen molar-refractivity contribution in [3.05, 3.63) is 36.0 Å². The van der Waals surface area contributed by atoms with Gasteiger partial charge in [-0.15, -0.1) is 11.8 Å². The summed E-state index contributed by atoms with van der Waals surface area (Å²) in [7, 11) is 0. The van der Waals surface area contributed by atoms with Gasteiger partial charge in [0.25, 0.3) is 0 Å². The van der Waals surface area contributed by atoms with Crippen molar-refractivity contribution in [3.63, 3.8) is 0 Å². The van der Waals surface area contributed by atoms with E-state index in [-0.39, 0.29) is 17.2 Å². The quantitative estimate of drug-likeness (QED) is 0.633. The summed E-state index contributed by atoms with van der Waals surface area (Å²) in [6.07, 6.45) is -2.97. The van der Waals surface area contributed by atoms with Crippen molar-refractivity contribution in [2.24, 2.45) is 0 Å². The molecule has 0 amide bonds. The number of hydrogen-bond acceptors (Lipinski definition) is 4. The first-order valence-corrected chi connectivity index (χ1v) is 7.14. The molecule has 1 aromatic heterocycles. The predicted octanol–water partition coefficient (Wildman–Crippen LogP) is 3.91. The van der Waals surface area contributed by atoms with Crippen LogP contribution >= 0.6 is 11.8 Å². The average molecular weight is 315 g/mol. The molecular weight excluding hydrogens is 303 g/mol. The number of hydrogen-bond donors (Lipinski definition) is 0. The van der Waals surface area contributed by atoms with E-state index in [0.29, 0.717) is 16.9 Å². The van der Waals surface area contributed by atoms with Crippen molar-refractivity contribution in [2.45, 2.75) is 18.0 Å². The van der Waals surface area contributed by atoms with Gasteiger partial charge in [0.1, 0.15) is 0 Å². The second-order valence-electron chi connectivity index (χ2n) is 4.13. The van der Waals surface area contributed by atoms with E-state index in [0.717, 1.165) is 12.1 Å². The number of rotatable bonds is 4. The van der Waals surface area contributed by atoms with Gasteiger partial charge in [-0.2, -0.15) is 13.2 Å². The molecule has 0 aliphatic heterocycles. The molecule has 2 rings (SSSR count). The van der Waals surface area contributed by atoms with Gasteiger partial charge in [0, 0.05) is 16.5 Å².